The highest BCUT2D eigenvalue weighted by Gasteiger charge is 2.22. The predicted octanol–water partition coefficient (Wildman–Crippen LogP) is 2.38. The molecule has 1 heterocycles. The zero-order chi connectivity index (χ0) is 23.3. The highest BCUT2D eigenvalue weighted by atomic mass is 79.9. The first-order valence-corrected chi connectivity index (χ1v) is 10.3. The number of ketones is 1. The number of rotatable bonds is 7. The van der Waals surface area contributed by atoms with Crippen molar-refractivity contribution in [1.29, 1.82) is 0 Å². The maximum atomic E-state index is 12.7. The minimum absolute atomic E-state index is 0.0790. The molecule has 0 amide bonds. The van der Waals surface area contributed by atoms with Crippen molar-refractivity contribution in [2.24, 2.45) is 7.05 Å². The second-order valence-electron chi connectivity index (χ2n) is 6.89. The molecule has 2 aromatic carbocycles. The lowest BCUT2D eigenvalue weighted by atomic mass is 10.2. The first-order valence-electron chi connectivity index (χ1n) is 9.54. The van der Waals surface area contributed by atoms with Gasteiger partial charge in [0, 0.05) is 17.6 Å². The molecule has 0 bridgehead atoms. The Morgan fingerprint density at radius 2 is 1.72 bits per heavy atom. The second kappa shape index (κ2) is 10.1. The molecular weight excluding hydrogens is 478 g/mol. The summed E-state index contributed by atoms with van der Waals surface area (Å²) in [4.78, 5) is 49.7. The number of nitrogens with two attached hydrogens (primary N) is 1. The van der Waals surface area contributed by atoms with Gasteiger partial charge in [-0.1, -0.05) is 58.4 Å². The number of esters is 1. The van der Waals surface area contributed by atoms with Crippen LogP contribution in [0, 0.1) is 0 Å². The number of nitrogens with zero attached hydrogens (tertiary/aromatic N) is 2. The minimum Gasteiger partial charge on any atom is -0.454 e. The van der Waals surface area contributed by atoms with Crippen LogP contribution in [0.4, 0.5) is 5.82 Å². The molecule has 0 saturated carbocycles. The Labute approximate surface area is 191 Å². The van der Waals surface area contributed by atoms with E-state index in [1.165, 1.54) is 19.2 Å². The quantitative estimate of drug-likeness (QED) is 0.304. The molecule has 9 heteroatoms. The lowest BCUT2D eigenvalue weighted by molar-refractivity contribution is -0.136. The third-order valence-electron chi connectivity index (χ3n) is 4.67. The van der Waals surface area contributed by atoms with Crippen molar-refractivity contribution in [3.8, 4) is 0 Å². The van der Waals surface area contributed by atoms with Crippen LogP contribution in [0.3, 0.4) is 0 Å². The number of carbonyl (C=O) groups is 2. The molecule has 0 aliphatic rings. The van der Waals surface area contributed by atoms with Crippen LogP contribution in [-0.4, -0.2) is 27.5 Å². The highest BCUT2D eigenvalue weighted by molar-refractivity contribution is 9.10. The highest BCUT2D eigenvalue weighted by Crippen LogP contribution is 2.12. The van der Waals surface area contributed by atoms with Crippen LogP contribution in [0.1, 0.15) is 21.5 Å². The van der Waals surface area contributed by atoms with Gasteiger partial charge in [0.25, 0.3) is 5.56 Å². The first kappa shape index (κ1) is 23.0. The summed E-state index contributed by atoms with van der Waals surface area (Å²) in [7, 11) is 1.26. The molecule has 3 rings (SSSR count). The van der Waals surface area contributed by atoms with E-state index in [1.54, 1.807) is 36.4 Å². The van der Waals surface area contributed by atoms with Crippen LogP contribution in [0.5, 0.6) is 0 Å². The molecule has 0 spiro atoms. The van der Waals surface area contributed by atoms with Gasteiger partial charge in [0.1, 0.15) is 11.4 Å². The molecule has 3 aromatic rings. The van der Waals surface area contributed by atoms with Crippen molar-refractivity contribution in [3.05, 3.63) is 103 Å². The average molecular weight is 498 g/mol. The number of nitrogen functional groups attached to an aromatic ring is 1. The number of halogens is 1. The Kier molecular flexibility index (Phi) is 7.21. The van der Waals surface area contributed by atoms with Crippen LogP contribution < -0.4 is 17.0 Å². The van der Waals surface area contributed by atoms with E-state index in [9.17, 15) is 19.2 Å². The topological polar surface area (TPSA) is 113 Å². The summed E-state index contributed by atoms with van der Waals surface area (Å²) >= 11 is 3.32. The molecule has 8 nitrogen and oxygen atoms in total. The maximum absolute atomic E-state index is 12.7. The van der Waals surface area contributed by atoms with Gasteiger partial charge in [0.2, 0.25) is 5.78 Å². The van der Waals surface area contributed by atoms with Crippen LogP contribution in [0.15, 0.2) is 74.7 Å². The average Bonchev–Trinajstić information content (AvgIpc) is 2.79. The Bertz CT molecular complexity index is 1290. The molecule has 0 radical (unpaired) electrons. The Balaban J connectivity index is 1.78. The lowest BCUT2D eigenvalue weighted by Gasteiger charge is -2.14. The number of Topliss-reactive ketones (excluding diaryl/α,β-unsaturated/α-hetero) is 1. The van der Waals surface area contributed by atoms with Crippen molar-refractivity contribution in [3.63, 3.8) is 0 Å². The minimum atomic E-state index is -0.844. The van der Waals surface area contributed by atoms with Gasteiger partial charge in [-0.2, -0.15) is 0 Å². The Hall–Kier alpha value is -3.72. The fourth-order valence-corrected chi connectivity index (χ4v) is 3.22. The molecule has 0 saturated heterocycles. The summed E-state index contributed by atoms with van der Waals surface area (Å²) in [6.07, 6.45) is 2.71. The van der Waals surface area contributed by atoms with Crippen molar-refractivity contribution in [2.75, 3.05) is 12.3 Å². The van der Waals surface area contributed by atoms with Gasteiger partial charge < -0.3 is 10.5 Å². The number of ether oxygens (including phenoxy) is 1. The lowest BCUT2D eigenvalue weighted by Crippen LogP contribution is -2.43. The van der Waals surface area contributed by atoms with Crippen molar-refractivity contribution >= 4 is 39.6 Å². The third-order valence-corrected chi connectivity index (χ3v) is 5.20. The van der Waals surface area contributed by atoms with E-state index in [0.29, 0.717) is 0 Å². The fourth-order valence-electron chi connectivity index (χ4n) is 2.96. The van der Waals surface area contributed by atoms with E-state index < -0.39 is 35.2 Å². The Morgan fingerprint density at radius 1 is 1.06 bits per heavy atom. The van der Waals surface area contributed by atoms with Crippen molar-refractivity contribution in [1.82, 2.24) is 9.13 Å². The fraction of sp³-hybridized carbons (Fsp3) is 0.130. The first-order chi connectivity index (χ1) is 15.3. The monoisotopic (exact) mass is 497 g/mol. The Morgan fingerprint density at radius 3 is 2.38 bits per heavy atom. The molecule has 0 atom stereocenters. The van der Waals surface area contributed by atoms with Crippen LogP contribution >= 0.6 is 15.9 Å². The van der Waals surface area contributed by atoms with E-state index in [-0.39, 0.29) is 12.4 Å². The van der Waals surface area contributed by atoms with Crippen molar-refractivity contribution < 1.29 is 14.3 Å². The molecule has 0 aliphatic heterocycles. The molecule has 32 heavy (non-hydrogen) atoms. The summed E-state index contributed by atoms with van der Waals surface area (Å²) < 4.78 is 7.81. The number of anilines is 1. The van der Waals surface area contributed by atoms with Gasteiger partial charge in [-0.3, -0.25) is 18.7 Å². The van der Waals surface area contributed by atoms with E-state index >= 15 is 0 Å². The van der Waals surface area contributed by atoms with Crippen LogP contribution in [0.2, 0.25) is 0 Å². The van der Waals surface area contributed by atoms with Gasteiger partial charge in [0.05, 0.1) is 6.54 Å². The van der Waals surface area contributed by atoms with Gasteiger partial charge >= 0.3 is 11.7 Å². The van der Waals surface area contributed by atoms with Crippen molar-refractivity contribution in [2.45, 2.75) is 6.54 Å². The molecular formula is C23H20BrN3O5. The summed E-state index contributed by atoms with van der Waals surface area (Å²) in [6, 6.07) is 16.2. The normalized spacial score (nSPS) is 10.9. The zero-order valence-electron chi connectivity index (χ0n) is 17.2. The summed E-state index contributed by atoms with van der Waals surface area (Å²) in [5, 5.41) is 0. The SMILES string of the molecule is Cn1c(=O)c(C(=O)COC(=O)/C=C/c2ccc(Br)cc2)c(N)n(Cc2ccccc2)c1=O. The number of hydrogen-bond acceptors (Lipinski definition) is 6. The van der Waals surface area contributed by atoms with Gasteiger partial charge in [0.15, 0.2) is 6.61 Å². The molecule has 0 fully saturated rings. The standard InChI is InChI=1S/C23H20BrN3O5/c1-26-22(30)20(21(25)27(23(26)31)13-16-5-3-2-4-6-16)18(28)14-32-19(29)12-9-15-7-10-17(24)11-8-15/h2-12H,13-14,25H2,1H3/b12-9+. The van der Waals surface area contributed by atoms with Crippen LogP contribution in [0.25, 0.3) is 6.08 Å². The number of carbonyl (C=O) groups excluding carboxylic acids is 2. The summed E-state index contributed by atoms with van der Waals surface area (Å²) in [5.74, 6) is -1.82. The third kappa shape index (κ3) is 5.30. The smallest absolute Gasteiger partial charge is 0.332 e. The van der Waals surface area contributed by atoms with Gasteiger partial charge in [-0.15, -0.1) is 0 Å². The molecule has 0 aliphatic carbocycles. The second-order valence-corrected chi connectivity index (χ2v) is 7.81. The number of benzene rings is 2. The van der Waals surface area contributed by atoms with E-state index in [1.807, 2.05) is 18.2 Å². The van der Waals surface area contributed by atoms with Gasteiger partial charge in [-0.25, -0.2) is 9.59 Å². The summed E-state index contributed by atoms with van der Waals surface area (Å²) in [5.41, 5.74) is 5.67. The van der Waals surface area contributed by atoms with Gasteiger partial charge in [-0.05, 0) is 29.3 Å². The molecule has 0 unspecified atom stereocenters. The largest absolute Gasteiger partial charge is 0.454 e. The predicted molar refractivity (Wildman–Crippen MR) is 124 cm³/mol. The van der Waals surface area contributed by atoms with E-state index in [4.69, 9.17) is 10.5 Å². The zero-order valence-corrected chi connectivity index (χ0v) is 18.7. The number of aromatic nitrogens is 2. The van der Waals surface area contributed by atoms with Crippen LogP contribution in [-0.2, 0) is 23.1 Å². The molecule has 1 aromatic heterocycles. The molecule has 2 N–H and O–H groups in total. The summed E-state index contributed by atoms with van der Waals surface area (Å²) in [6.45, 7) is -0.609. The van der Waals surface area contributed by atoms with E-state index in [0.717, 1.165) is 24.7 Å². The maximum Gasteiger partial charge on any atom is 0.332 e. The van der Waals surface area contributed by atoms with E-state index in [2.05, 4.69) is 15.9 Å². The number of hydrogen-bond donors (Lipinski definition) is 1. The molecule has 164 valence electrons.